The van der Waals surface area contributed by atoms with Crippen molar-refractivity contribution >= 4 is 74.6 Å². The summed E-state index contributed by atoms with van der Waals surface area (Å²) in [4.78, 5) is 49.7. The minimum absolute atomic E-state index is 0. The van der Waals surface area contributed by atoms with Gasteiger partial charge in [0, 0.05) is 74.6 Å². The Morgan fingerprint density at radius 1 is 0.121 bits per heavy atom. The second kappa shape index (κ2) is 65.9. The van der Waals surface area contributed by atoms with Gasteiger partial charge in [-0.2, -0.15) is 0 Å². The molecule has 0 aliphatic heterocycles. The maximum Gasteiger partial charge on any atom is 3.00 e. The van der Waals surface area contributed by atoms with Crippen LogP contribution in [0.15, 0.2) is 351 Å². The summed E-state index contributed by atoms with van der Waals surface area (Å²) in [5, 5.41) is 137. The third-order valence-corrected chi connectivity index (χ3v) is 15.9. The van der Waals surface area contributed by atoms with E-state index in [1.807, 2.05) is 0 Å². The molecule has 0 atom stereocenters. The molecular formula is C96H84Er4N12O12. The molecule has 4 radical (unpaired) electrons. The summed E-state index contributed by atoms with van der Waals surface area (Å²) in [5.74, 6) is -0.500. The number of rotatable bonds is 30. The second-order valence-electron chi connectivity index (χ2n) is 24.9. The minimum atomic E-state index is -0.0416. The first-order chi connectivity index (χ1) is 58.6. The molecule has 0 spiro atoms. The number of benzene rings is 12. The Bertz CT molecular complexity index is 4280. The summed E-state index contributed by atoms with van der Waals surface area (Å²) in [6.45, 7) is 5.74. The van der Waals surface area contributed by atoms with Crippen molar-refractivity contribution in [3.8, 4) is 69.0 Å². The Labute approximate surface area is 840 Å². The number of para-hydroxylation sites is 12. The van der Waals surface area contributed by atoms with Crippen LogP contribution in [-0.2, 0) is 0 Å². The van der Waals surface area contributed by atoms with E-state index in [-0.39, 0.29) is 218 Å². The number of aliphatic imine (C=N–C) groups is 12. The smallest absolute Gasteiger partial charge is 0.872 e. The molecule has 24 nitrogen and oxygen atoms in total. The van der Waals surface area contributed by atoms with Crippen LogP contribution in [0.25, 0.3) is 0 Å². The van der Waals surface area contributed by atoms with E-state index in [0.29, 0.717) is 145 Å². The van der Waals surface area contributed by atoms with E-state index in [4.69, 9.17) is 0 Å². The fraction of sp³-hybridized carbons (Fsp3) is 0.125. The van der Waals surface area contributed by atoms with Gasteiger partial charge in [-0.1, -0.05) is 291 Å². The normalized spacial score (nSPS) is 11.0. The van der Waals surface area contributed by atoms with Gasteiger partial charge in [-0.05, 0) is 66.8 Å². The first-order valence-corrected chi connectivity index (χ1v) is 37.7. The van der Waals surface area contributed by atoms with Gasteiger partial charge in [-0.3, -0.25) is 59.9 Å². The molecule has 0 unspecified atom stereocenters. The number of hydrogen-bond acceptors (Lipinski definition) is 24. The summed E-state index contributed by atoms with van der Waals surface area (Å²) >= 11 is 0. The average Bonchev–Trinajstić information content (AvgIpc) is 0.908. The Kier molecular flexibility index (Phi) is 57.1. The zero-order chi connectivity index (χ0) is 85.3. The van der Waals surface area contributed by atoms with E-state index in [1.54, 1.807) is 293 Å². The predicted molar refractivity (Wildman–Crippen MR) is 460 cm³/mol. The zero-order valence-corrected chi connectivity index (χ0v) is 74.0. The maximum atomic E-state index is 11.4. The van der Waals surface area contributed by atoms with Gasteiger partial charge in [0.15, 0.2) is 0 Å². The van der Waals surface area contributed by atoms with Gasteiger partial charge in [-0.15, -0.1) is 69.0 Å². The van der Waals surface area contributed by atoms with Gasteiger partial charge in [0.1, 0.15) is 0 Å². The van der Waals surface area contributed by atoms with Gasteiger partial charge >= 0.3 is 149 Å². The molecule has 0 bridgehead atoms. The maximum absolute atomic E-state index is 11.4. The van der Waals surface area contributed by atoms with Crippen LogP contribution in [0.5, 0.6) is 69.0 Å². The van der Waals surface area contributed by atoms with Gasteiger partial charge in [0.05, 0.1) is 78.5 Å². The van der Waals surface area contributed by atoms with E-state index in [9.17, 15) is 61.3 Å². The molecule has 28 heteroatoms. The van der Waals surface area contributed by atoms with Crippen molar-refractivity contribution in [2.45, 2.75) is 0 Å². The fourth-order valence-electron chi connectivity index (χ4n) is 9.69. The minimum Gasteiger partial charge on any atom is -0.872 e. The Hall–Kier alpha value is -10.7. The van der Waals surface area contributed by atoms with Crippen molar-refractivity contribution in [3.63, 3.8) is 0 Å². The molecule has 0 heterocycles. The first-order valence-electron chi connectivity index (χ1n) is 37.7. The molecular weight excluding hydrogens is 2180 g/mol. The summed E-state index contributed by atoms with van der Waals surface area (Å²) in [6.07, 6.45) is 18.7. The van der Waals surface area contributed by atoms with Crippen LogP contribution in [0.3, 0.4) is 0 Å². The van der Waals surface area contributed by atoms with E-state index in [0.717, 1.165) is 0 Å². The van der Waals surface area contributed by atoms with Crippen LogP contribution in [0.4, 0.5) is 0 Å². The molecule has 12 aromatic carbocycles. The van der Waals surface area contributed by atoms with Crippen LogP contribution in [-0.4, -0.2) is 153 Å². The third-order valence-electron chi connectivity index (χ3n) is 15.9. The largest absolute Gasteiger partial charge is 3.00 e. The summed E-state index contributed by atoms with van der Waals surface area (Å²) in [7, 11) is 0. The molecule has 0 aliphatic rings. The zero-order valence-electron chi connectivity index (χ0n) is 66.5. The Morgan fingerprint density at radius 3 is 0.250 bits per heavy atom. The topological polar surface area (TPSA) is 425 Å². The molecule has 0 saturated heterocycles. The predicted octanol–water partition coefficient (Wildman–Crippen LogP) is 8.23. The molecule has 0 amide bonds. The van der Waals surface area contributed by atoms with Crippen molar-refractivity contribution in [1.29, 1.82) is 0 Å². The summed E-state index contributed by atoms with van der Waals surface area (Å²) < 4.78 is 0. The molecule has 0 aromatic heterocycles. The first kappa shape index (κ1) is 107. The van der Waals surface area contributed by atoms with E-state index in [2.05, 4.69) is 59.9 Å². The molecule has 12 rings (SSSR count). The second-order valence-corrected chi connectivity index (χ2v) is 24.9. The monoisotopic (exact) mass is 2260 g/mol. The van der Waals surface area contributed by atoms with Gasteiger partial charge in [0.2, 0.25) is 0 Å². The van der Waals surface area contributed by atoms with Gasteiger partial charge < -0.3 is 61.3 Å². The SMILES string of the molecule is [Er+3].[Er+3].[Er+3].[Er+3].[O-]c1ccccc1C=NCCN=Cc1ccccc1[O-].[O-]c1ccccc1C=NCCN=Cc1ccccc1[O-].[O-]c1ccccc1C=NCCN=Cc1ccccc1[O-].[O-]c1ccccc1C=NCCN=Cc1ccccc1[O-].[O-]c1ccccc1C=NCCN=Cc1ccccc1[O-].[O-]c1ccccc1C=NCCN=Cc1ccccc1[O-]. The standard InChI is InChI=1S/6C16H16N2O2.4Er/c6*19-15-7-3-1-5-13(15)11-17-9-10-18-12-14-6-2-4-8-16(14)20;;;;/h6*1-8,11-12,19-20H,9-10H2;;;;/q;;;;;;4*+3/p-12. The van der Waals surface area contributed by atoms with Crippen molar-refractivity contribution < 1.29 is 210 Å². The van der Waals surface area contributed by atoms with Crippen LogP contribution in [0, 0.1) is 149 Å². The van der Waals surface area contributed by atoms with Crippen LogP contribution in [0.1, 0.15) is 66.8 Å². The molecule has 0 saturated carbocycles. The van der Waals surface area contributed by atoms with Crippen molar-refractivity contribution in [1.82, 2.24) is 0 Å². The van der Waals surface area contributed by atoms with E-state index >= 15 is 0 Å². The van der Waals surface area contributed by atoms with E-state index < -0.39 is 0 Å². The third kappa shape index (κ3) is 44.0. The molecule has 0 aliphatic carbocycles. The Morgan fingerprint density at radius 2 is 0.185 bits per heavy atom. The number of nitrogens with zero attached hydrogens (tertiary/aromatic N) is 12. The molecule has 648 valence electrons. The average molecular weight is 2270 g/mol. The van der Waals surface area contributed by atoms with Crippen LogP contribution >= 0.6 is 0 Å². The summed E-state index contributed by atoms with van der Waals surface area (Å²) in [6, 6.07) is 80.7. The molecule has 0 fully saturated rings. The van der Waals surface area contributed by atoms with Crippen molar-refractivity contribution in [3.05, 3.63) is 358 Å². The number of hydrogen-bond donors (Lipinski definition) is 0. The summed E-state index contributed by atoms with van der Waals surface area (Å²) in [5.41, 5.74) is 6.85. The van der Waals surface area contributed by atoms with Gasteiger partial charge in [0.25, 0.3) is 0 Å². The molecule has 0 N–H and O–H groups in total. The Balaban J connectivity index is 0.000000382. The molecule has 124 heavy (non-hydrogen) atoms. The quantitative estimate of drug-likeness (QED) is 0.0303. The fourth-order valence-corrected chi connectivity index (χ4v) is 9.69. The molecule has 12 aromatic rings. The van der Waals surface area contributed by atoms with Gasteiger partial charge in [-0.25, -0.2) is 0 Å². The van der Waals surface area contributed by atoms with Crippen molar-refractivity contribution in [2.24, 2.45) is 59.9 Å². The van der Waals surface area contributed by atoms with Crippen LogP contribution in [0.2, 0.25) is 0 Å². The van der Waals surface area contributed by atoms with Crippen LogP contribution < -0.4 is 61.3 Å². The van der Waals surface area contributed by atoms with E-state index in [1.165, 1.54) is 72.8 Å². The van der Waals surface area contributed by atoms with Crippen molar-refractivity contribution in [2.75, 3.05) is 78.5 Å².